The van der Waals surface area contributed by atoms with Crippen LogP contribution < -0.4 is 5.32 Å². The van der Waals surface area contributed by atoms with Crippen LogP contribution in [0.4, 0.5) is 0 Å². The molecular formula is C13H26N2S. The van der Waals surface area contributed by atoms with Crippen LogP contribution in [0.15, 0.2) is 0 Å². The number of nitrogens with zero attached hydrogens (tertiary/aromatic N) is 1. The van der Waals surface area contributed by atoms with E-state index < -0.39 is 0 Å². The van der Waals surface area contributed by atoms with E-state index in [0.29, 0.717) is 6.04 Å². The summed E-state index contributed by atoms with van der Waals surface area (Å²) in [4.78, 5) is 2.75. The first-order valence-corrected chi connectivity index (χ1v) is 7.80. The monoisotopic (exact) mass is 242 g/mol. The van der Waals surface area contributed by atoms with Crippen molar-refractivity contribution in [3.8, 4) is 0 Å². The quantitative estimate of drug-likeness (QED) is 0.813. The molecule has 0 spiro atoms. The van der Waals surface area contributed by atoms with Gasteiger partial charge in [-0.05, 0) is 25.3 Å². The van der Waals surface area contributed by atoms with Crippen molar-refractivity contribution in [2.45, 2.75) is 50.9 Å². The third kappa shape index (κ3) is 3.14. The zero-order chi connectivity index (χ0) is 11.5. The van der Waals surface area contributed by atoms with Crippen molar-refractivity contribution < 1.29 is 0 Å². The largest absolute Gasteiger partial charge is 0.314 e. The lowest BCUT2D eigenvalue weighted by Gasteiger charge is -2.47. The highest BCUT2D eigenvalue weighted by Gasteiger charge is 2.36. The molecule has 0 aromatic rings. The van der Waals surface area contributed by atoms with Crippen LogP contribution in [-0.2, 0) is 0 Å². The van der Waals surface area contributed by atoms with Gasteiger partial charge in [-0.3, -0.25) is 4.90 Å². The van der Waals surface area contributed by atoms with Crippen molar-refractivity contribution in [3.63, 3.8) is 0 Å². The maximum atomic E-state index is 3.60. The Morgan fingerprint density at radius 1 is 1.38 bits per heavy atom. The molecule has 3 atom stereocenters. The topological polar surface area (TPSA) is 15.3 Å². The third-order valence-corrected chi connectivity index (χ3v) is 5.04. The smallest absolute Gasteiger partial charge is 0.0147 e. The predicted molar refractivity (Wildman–Crippen MR) is 73.1 cm³/mol. The number of hydrogen-bond donors (Lipinski definition) is 1. The summed E-state index contributed by atoms with van der Waals surface area (Å²) in [6.45, 7) is 10.7. The van der Waals surface area contributed by atoms with Crippen LogP contribution in [0.1, 0.15) is 33.6 Å². The molecule has 0 aromatic carbocycles. The Labute approximate surface area is 105 Å². The van der Waals surface area contributed by atoms with Crippen molar-refractivity contribution in [1.82, 2.24) is 10.2 Å². The molecule has 1 saturated carbocycles. The van der Waals surface area contributed by atoms with Gasteiger partial charge in [-0.15, -0.1) is 0 Å². The first kappa shape index (κ1) is 12.7. The second-order valence-corrected chi connectivity index (χ2v) is 7.19. The molecule has 3 heteroatoms. The first-order valence-electron chi connectivity index (χ1n) is 6.76. The minimum absolute atomic E-state index is 0.636. The number of nitrogens with one attached hydrogen (secondary N) is 1. The molecule has 1 aliphatic heterocycles. The van der Waals surface area contributed by atoms with Gasteiger partial charge in [-0.1, -0.05) is 20.8 Å². The lowest BCUT2D eigenvalue weighted by Crippen LogP contribution is -2.54. The summed E-state index contributed by atoms with van der Waals surface area (Å²) in [5, 5.41) is 4.44. The molecule has 1 aliphatic carbocycles. The summed E-state index contributed by atoms with van der Waals surface area (Å²) < 4.78 is 0. The van der Waals surface area contributed by atoms with Crippen molar-refractivity contribution in [1.29, 1.82) is 0 Å². The summed E-state index contributed by atoms with van der Waals surface area (Å²) in [5.74, 6) is 2.25. The Morgan fingerprint density at radius 3 is 2.75 bits per heavy atom. The second-order valence-electron chi connectivity index (χ2n) is 5.64. The highest BCUT2D eigenvalue weighted by molar-refractivity contribution is 7.99. The van der Waals surface area contributed by atoms with Crippen molar-refractivity contribution >= 4 is 11.8 Å². The van der Waals surface area contributed by atoms with Crippen LogP contribution in [0.3, 0.4) is 0 Å². The Balaban J connectivity index is 1.76. The fourth-order valence-corrected chi connectivity index (χ4v) is 3.84. The van der Waals surface area contributed by atoms with Gasteiger partial charge in [0.2, 0.25) is 0 Å². The van der Waals surface area contributed by atoms with E-state index in [4.69, 9.17) is 0 Å². The average molecular weight is 242 g/mol. The van der Waals surface area contributed by atoms with Gasteiger partial charge in [0.05, 0.1) is 0 Å². The molecule has 2 rings (SSSR count). The number of rotatable bonds is 4. The molecule has 3 unspecified atom stereocenters. The summed E-state index contributed by atoms with van der Waals surface area (Å²) in [5.41, 5.74) is 0. The lowest BCUT2D eigenvalue weighted by molar-refractivity contribution is 0.0644. The lowest BCUT2D eigenvalue weighted by atomic mass is 9.78. The van der Waals surface area contributed by atoms with Crippen LogP contribution in [0.25, 0.3) is 0 Å². The first-order chi connectivity index (χ1) is 7.66. The highest BCUT2D eigenvalue weighted by Crippen LogP contribution is 2.34. The van der Waals surface area contributed by atoms with E-state index in [-0.39, 0.29) is 0 Å². The molecule has 0 aromatic heterocycles. The average Bonchev–Trinajstić information content (AvgIpc) is 2.15. The van der Waals surface area contributed by atoms with E-state index in [1.165, 1.54) is 38.2 Å². The van der Waals surface area contributed by atoms with E-state index in [2.05, 4.69) is 42.7 Å². The highest BCUT2D eigenvalue weighted by atomic mass is 32.2. The summed E-state index contributed by atoms with van der Waals surface area (Å²) in [7, 11) is 0. The molecule has 16 heavy (non-hydrogen) atoms. The molecule has 2 nitrogen and oxygen atoms in total. The van der Waals surface area contributed by atoms with Crippen molar-refractivity contribution in [2.75, 3.05) is 25.4 Å². The Kier molecular flexibility index (Phi) is 4.57. The molecule has 2 fully saturated rings. The SMILES string of the molecule is CC(C)NCC1CCC1N1CCSC(C)C1. The Morgan fingerprint density at radius 2 is 2.19 bits per heavy atom. The molecular weight excluding hydrogens is 216 g/mol. The van der Waals surface area contributed by atoms with Gasteiger partial charge in [0.15, 0.2) is 0 Å². The maximum absolute atomic E-state index is 3.60. The third-order valence-electron chi connectivity index (χ3n) is 3.91. The fraction of sp³-hybridized carbons (Fsp3) is 1.00. The Hall–Kier alpha value is 0.270. The minimum Gasteiger partial charge on any atom is -0.314 e. The van der Waals surface area contributed by atoms with Crippen LogP contribution in [0, 0.1) is 5.92 Å². The number of hydrogen-bond acceptors (Lipinski definition) is 3. The van der Waals surface area contributed by atoms with Crippen molar-refractivity contribution in [3.05, 3.63) is 0 Å². The van der Waals surface area contributed by atoms with Crippen LogP contribution in [0.2, 0.25) is 0 Å². The summed E-state index contributed by atoms with van der Waals surface area (Å²) in [6, 6.07) is 1.52. The molecule has 0 radical (unpaired) electrons. The van der Waals surface area contributed by atoms with E-state index in [0.717, 1.165) is 17.2 Å². The molecule has 94 valence electrons. The number of thioether (sulfide) groups is 1. The molecule has 1 saturated heterocycles. The van der Waals surface area contributed by atoms with Gasteiger partial charge in [0.25, 0.3) is 0 Å². The van der Waals surface area contributed by atoms with Crippen LogP contribution in [-0.4, -0.2) is 47.6 Å². The molecule has 0 bridgehead atoms. The molecule has 2 aliphatic rings. The standard InChI is InChI=1S/C13H26N2S/c1-10(2)14-8-12-4-5-13(12)15-6-7-16-11(3)9-15/h10-14H,4-9H2,1-3H3. The van der Waals surface area contributed by atoms with E-state index in [9.17, 15) is 0 Å². The summed E-state index contributed by atoms with van der Waals surface area (Å²) in [6.07, 6.45) is 2.87. The van der Waals surface area contributed by atoms with E-state index >= 15 is 0 Å². The van der Waals surface area contributed by atoms with Gasteiger partial charge >= 0.3 is 0 Å². The second kappa shape index (κ2) is 5.74. The van der Waals surface area contributed by atoms with Gasteiger partial charge in [0.1, 0.15) is 0 Å². The van der Waals surface area contributed by atoms with Gasteiger partial charge < -0.3 is 5.32 Å². The normalized spacial score (nSPS) is 36.4. The van der Waals surface area contributed by atoms with Crippen LogP contribution in [0.5, 0.6) is 0 Å². The van der Waals surface area contributed by atoms with E-state index in [1.54, 1.807) is 0 Å². The Bertz CT molecular complexity index is 220. The zero-order valence-electron chi connectivity index (χ0n) is 10.9. The fourth-order valence-electron chi connectivity index (χ4n) is 2.80. The van der Waals surface area contributed by atoms with Crippen molar-refractivity contribution in [2.24, 2.45) is 5.92 Å². The minimum atomic E-state index is 0.636. The summed E-state index contributed by atoms with van der Waals surface area (Å²) >= 11 is 2.14. The van der Waals surface area contributed by atoms with Gasteiger partial charge in [-0.25, -0.2) is 0 Å². The van der Waals surface area contributed by atoms with Gasteiger partial charge in [0, 0.05) is 36.2 Å². The predicted octanol–water partition coefficient (Wildman–Crippen LogP) is 2.20. The molecule has 1 N–H and O–H groups in total. The molecule has 1 heterocycles. The maximum Gasteiger partial charge on any atom is 0.0147 e. The van der Waals surface area contributed by atoms with E-state index in [1.807, 2.05) is 0 Å². The van der Waals surface area contributed by atoms with Crippen LogP contribution >= 0.6 is 11.8 Å². The molecule has 0 amide bonds. The van der Waals surface area contributed by atoms with Gasteiger partial charge in [-0.2, -0.15) is 11.8 Å². The zero-order valence-corrected chi connectivity index (χ0v) is 11.7.